The molecule has 1 aromatic carbocycles. The zero-order valence-corrected chi connectivity index (χ0v) is 9.15. The highest BCUT2D eigenvalue weighted by atomic mass is 35.5. The Bertz CT molecular complexity index is 502. The van der Waals surface area contributed by atoms with E-state index in [1.807, 2.05) is 6.07 Å². The Labute approximate surface area is 89.1 Å². The van der Waals surface area contributed by atoms with E-state index in [1.165, 1.54) is 11.3 Å². The van der Waals surface area contributed by atoms with Crippen molar-refractivity contribution in [2.75, 3.05) is 7.11 Å². The van der Waals surface area contributed by atoms with Crippen LogP contribution < -0.4 is 4.74 Å². The molecule has 0 spiro atoms. The number of hydrogen-bond acceptors (Lipinski definition) is 3. The minimum Gasteiger partial charge on any atom is -0.494 e. The molecule has 2 nitrogen and oxygen atoms in total. The number of aromatic amines is 1. The van der Waals surface area contributed by atoms with Crippen molar-refractivity contribution in [3.63, 3.8) is 0 Å². The van der Waals surface area contributed by atoms with Crippen LogP contribution in [-0.4, -0.2) is 12.1 Å². The Morgan fingerprint density at radius 1 is 1.54 bits per heavy atom. The lowest BCUT2D eigenvalue weighted by Crippen LogP contribution is -1.83. The molecule has 1 N–H and O–H groups in total. The number of aromatic nitrogens is 1. The third-order valence-corrected chi connectivity index (χ3v) is 3.08. The highest BCUT2D eigenvalue weighted by Gasteiger charge is 2.05. The van der Waals surface area contributed by atoms with Crippen molar-refractivity contribution in [3.05, 3.63) is 21.1 Å². The van der Waals surface area contributed by atoms with Gasteiger partial charge in [-0.1, -0.05) is 11.6 Å². The minimum absolute atomic E-state index is 0.662. The van der Waals surface area contributed by atoms with Gasteiger partial charge < -0.3 is 9.72 Å². The van der Waals surface area contributed by atoms with Gasteiger partial charge in [-0.25, -0.2) is 0 Å². The second kappa shape index (κ2) is 3.29. The molecule has 0 aliphatic rings. The lowest BCUT2D eigenvalue weighted by Gasteiger charge is -2.00. The average Bonchev–Trinajstić information content (AvgIpc) is 2.43. The number of H-pyrrole nitrogens is 1. The number of benzene rings is 1. The van der Waals surface area contributed by atoms with Crippen LogP contribution >= 0.6 is 35.2 Å². The molecule has 0 bridgehead atoms. The van der Waals surface area contributed by atoms with E-state index in [9.17, 15) is 0 Å². The van der Waals surface area contributed by atoms with Gasteiger partial charge in [0.1, 0.15) is 11.3 Å². The van der Waals surface area contributed by atoms with Gasteiger partial charge in [-0.15, -0.1) is 11.3 Å². The molecule has 0 aliphatic carbocycles. The molecule has 5 heteroatoms. The summed E-state index contributed by atoms with van der Waals surface area (Å²) in [4.78, 5) is 3.05. The van der Waals surface area contributed by atoms with Crippen molar-refractivity contribution >= 4 is 45.4 Å². The van der Waals surface area contributed by atoms with Crippen LogP contribution in [0.15, 0.2) is 12.1 Å². The number of hydrogen-bond donors (Lipinski definition) is 1. The molecule has 0 amide bonds. The highest BCUT2D eigenvalue weighted by Crippen LogP contribution is 2.31. The van der Waals surface area contributed by atoms with Crippen molar-refractivity contribution in [2.24, 2.45) is 0 Å². The van der Waals surface area contributed by atoms with Crippen molar-refractivity contribution in [1.82, 2.24) is 4.98 Å². The maximum Gasteiger partial charge on any atom is 0.159 e. The van der Waals surface area contributed by atoms with Crippen LogP contribution in [0.3, 0.4) is 0 Å². The van der Waals surface area contributed by atoms with Gasteiger partial charge in [0, 0.05) is 11.1 Å². The molecule has 0 unspecified atom stereocenters. The first-order valence-electron chi connectivity index (χ1n) is 3.57. The summed E-state index contributed by atoms with van der Waals surface area (Å²) in [7, 11) is 1.61. The van der Waals surface area contributed by atoms with Crippen LogP contribution in [-0.2, 0) is 0 Å². The van der Waals surface area contributed by atoms with Crippen molar-refractivity contribution in [2.45, 2.75) is 0 Å². The van der Waals surface area contributed by atoms with Gasteiger partial charge in [-0.05, 0) is 18.3 Å². The summed E-state index contributed by atoms with van der Waals surface area (Å²) in [5.74, 6) is 0.731. The zero-order valence-electron chi connectivity index (χ0n) is 6.76. The fourth-order valence-electron chi connectivity index (χ4n) is 1.15. The quantitative estimate of drug-likeness (QED) is 0.759. The van der Waals surface area contributed by atoms with Crippen LogP contribution in [0.5, 0.6) is 5.75 Å². The van der Waals surface area contributed by atoms with Gasteiger partial charge in [0.2, 0.25) is 0 Å². The van der Waals surface area contributed by atoms with E-state index in [1.54, 1.807) is 13.2 Å². The second-order valence-corrected chi connectivity index (χ2v) is 4.65. The average molecular weight is 232 g/mol. The van der Waals surface area contributed by atoms with Crippen LogP contribution in [0.1, 0.15) is 0 Å². The van der Waals surface area contributed by atoms with Gasteiger partial charge in [0.25, 0.3) is 0 Å². The monoisotopic (exact) mass is 231 g/mol. The number of rotatable bonds is 1. The first-order valence-corrected chi connectivity index (χ1v) is 5.17. The SMILES string of the molecule is COc1cc(Cl)cc2sc(=S)[nH]c12. The Hall–Kier alpha value is -0.580. The summed E-state index contributed by atoms with van der Waals surface area (Å²) < 4.78 is 6.92. The summed E-state index contributed by atoms with van der Waals surface area (Å²) in [6.07, 6.45) is 0. The molecule has 1 heterocycles. The summed E-state index contributed by atoms with van der Waals surface area (Å²) in [6, 6.07) is 3.64. The number of fused-ring (bicyclic) bond motifs is 1. The topological polar surface area (TPSA) is 25.0 Å². The fourth-order valence-corrected chi connectivity index (χ4v) is 2.59. The smallest absolute Gasteiger partial charge is 0.159 e. The number of ether oxygens (including phenoxy) is 1. The van der Waals surface area contributed by atoms with Crippen LogP contribution in [0, 0.1) is 3.95 Å². The Kier molecular flexibility index (Phi) is 2.27. The number of methoxy groups -OCH3 is 1. The molecular weight excluding hydrogens is 226 g/mol. The molecular formula is C8H6ClNOS2. The standard InChI is InChI=1S/C8H6ClNOS2/c1-11-5-2-4(9)3-6-7(5)10-8(12)13-6/h2-3H,1H3,(H,10,12). The maximum atomic E-state index is 5.89. The summed E-state index contributed by atoms with van der Waals surface area (Å²) >= 11 is 12.4. The van der Waals surface area contributed by atoms with Gasteiger partial charge in [0.05, 0.1) is 11.8 Å². The summed E-state index contributed by atoms with van der Waals surface area (Å²) in [6.45, 7) is 0. The maximum absolute atomic E-state index is 5.89. The van der Waals surface area contributed by atoms with Crippen molar-refractivity contribution < 1.29 is 4.74 Å². The van der Waals surface area contributed by atoms with Crippen molar-refractivity contribution in [3.8, 4) is 5.75 Å². The Balaban J connectivity index is 2.88. The lowest BCUT2D eigenvalue weighted by atomic mass is 10.3. The largest absolute Gasteiger partial charge is 0.494 e. The highest BCUT2D eigenvalue weighted by molar-refractivity contribution is 7.73. The number of halogens is 1. The van der Waals surface area contributed by atoms with Gasteiger partial charge in [-0.2, -0.15) is 0 Å². The molecule has 0 saturated heterocycles. The first kappa shape index (κ1) is 8.99. The van der Waals surface area contributed by atoms with E-state index >= 15 is 0 Å². The lowest BCUT2D eigenvalue weighted by molar-refractivity contribution is 0.419. The van der Waals surface area contributed by atoms with E-state index in [4.69, 9.17) is 28.6 Å². The number of thiazole rings is 1. The minimum atomic E-state index is 0.662. The molecule has 68 valence electrons. The van der Waals surface area contributed by atoms with Gasteiger partial charge in [-0.3, -0.25) is 0 Å². The van der Waals surface area contributed by atoms with E-state index in [-0.39, 0.29) is 0 Å². The normalized spacial score (nSPS) is 10.6. The number of nitrogens with one attached hydrogen (secondary N) is 1. The third-order valence-electron chi connectivity index (χ3n) is 1.68. The van der Waals surface area contributed by atoms with Crippen molar-refractivity contribution in [1.29, 1.82) is 0 Å². The summed E-state index contributed by atoms with van der Waals surface area (Å²) in [5.41, 5.74) is 0.918. The van der Waals surface area contributed by atoms with Crippen LogP contribution in [0.4, 0.5) is 0 Å². The molecule has 2 rings (SSSR count). The molecule has 0 saturated carbocycles. The van der Waals surface area contributed by atoms with Crippen LogP contribution in [0.2, 0.25) is 5.02 Å². The second-order valence-electron chi connectivity index (χ2n) is 2.50. The van der Waals surface area contributed by atoms with E-state index < -0.39 is 0 Å². The zero-order chi connectivity index (χ0) is 9.42. The van der Waals surface area contributed by atoms with Gasteiger partial charge in [0.15, 0.2) is 3.95 Å². The van der Waals surface area contributed by atoms with E-state index in [0.717, 1.165) is 19.9 Å². The molecule has 0 aliphatic heterocycles. The summed E-state index contributed by atoms with van der Waals surface area (Å²) in [5, 5.41) is 0.662. The van der Waals surface area contributed by atoms with Crippen LogP contribution in [0.25, 0.3) is 10.2 Å². The third kappa shape index (κ3) is 1.57. The molecule has 0 fully saturated rings. The van der Waals surface area contributed by atoms with E-state index in [0.29, 0.717) is 5.02 Å². The predicted octanol–water partition coefficient (Wildman–Crippen LogP) is 3.62. The molecule has 13 heavy (non-hydrogen) atoms. The molecule has 2 aromatic rings. The predicted molar refractivity (Wildman–Crippen MR) is 58.6 cm³/mol. The Morgan fingerprint density at radius 2 is 2.31 bits per heavy atom. The molecule has 0 radical (unpaired) electrons. The van der Waals surface area contributed by atoms with E-state index in [2.05, 4.69) is 4.98 Å². The Morgan fingerprint density at radius 3 is 3.00 bits per heavy atom. The first-order chi connectivity index (χ1) is 6.20. The van der Waals surface area contributed by atoms with Gasteiger partial charge >= 0.3 is 0 Å². The molecule has 0 atom stereocenters. The fraction of sp³-hybridized carbons (Fsp3) is 0.125. The molecule has 1 aromatic heterocycles.